The minimum absolute atomic E-state index is 0. The third-order valence-corrected chi connectivity index (χ3v) is 3.13. The van der Waals surface area contributed by atoms with Crippen molar-refractivity contribution in [2.45, 2.75) is 12.8 Å². The summed E-state index contributed by atoms with van der Waals surface area (Å²) in [6.45, 7) is 1.71. The summed E-state index contributed by atoms with van der Waals surface area (Å²) in [5.41, 5.74) is 0.469. The summed E-state index contributed by atoms with van der Waals surface area (Å²) in [5, 5.41) is 5.94. The molecule has 106 valence electrons. The van der Waals surface area contributed by atoms with Gasteiger partial charge in [-0.3, -0.25) is 4.79 Å². The maximum Gasteiger partial charge on any atom is 0.227 e. The Bertz CT molecular complexity index is 437. The van der Waals surface area contributed by atoms with Crippen molar-refractivity contribution in [3.63, 3.8) is 0 Å². The van der Waals surface area contributed by atoms with Gasteiger partial charge in [-0.25, -0.2) is 4.39 Å². The SMILES string of the molecule is COc1ccc(NC(=O)C2CCNCC2)cc1F.Cl. The van der Waals surface area contributed by atoms with E-state index in [0.29, 0.717) is 5.69 Å². The van der Waals surface area contributed by atoms with E-state index in [9.17, 15) is 9.18 Å². The number of methoxy groups -OCH3 is 1. The van der Waals surface area contributed by atoms with Crippen LogP contribution < -0.4 is 15.4 Å². The zero-order valence-corrected chi connectivity index (χ0v) is 11.6. The minimum Gasteiger partial charge on any atom is -0.494 e. The molecule has 0 aliphatic carbocycles. The maximum absolute atomic E-state index is 13.5. The molecule has 1 amide bonds. The Kier molecular flexibility index (Phi) is 6.05. The molecule has 2 rings (SSSR count). The van der Waals surface area contributed by atoms with E-state index < -0.39 is 5.82 Å². The number of hydrogen-bond acceptors (Lipinski definition) is 3. The third kappa shape index (κ3) is 4.08. The summed E-state index contributed by atoms with van der Waals surface area (Å²) in [4.78, 5) is 11.9. The normalized spacial score (nSPS) is 15.5. The van der Waals surface area contributed by atoms with Gasteiger partial charge in [-0.2, -0.15) is 0 Å². The number of hydrogen-bond donors (Lipinski definition) is 2. The Hall–Kier alpha value is -1.33. The molecular weight excluding hydrogens is 271 g/mol. The first-order valence-electron chi connectivity index (χ1n) is 6.06. The van der Waals surface area contributed by atoms with Crippen molar-refractivity contribution in [3.8, 4) is 5.75 Å². The van der Waals surface area contributed by atoms with Crippen molar-refractivity contribution in [1.29, 1.82) is 0 Å². The fraction of sp³-hybridized carbons (Fsp3) is 0.462. The fourth-order valence-electron chi connectivity index (χ4n) is 2.07. The highest BCUT2D eigenvalue weighted by Gasteiger charge is 2.21. The molecule has 0 bridgehead atoms. The van der Waals surface area contributed by atoms with Crippen LogP contribution in [0.4, 0.5) is 10.1 Å². The second kappa shape index (κ2) is 7.31. The second-order valence-electron chi connectivity index (χ2n) is 4.36. The molecule has 0 spiro atoms. The third-order valence-electron chi connectivity index (χ3n) is 3.13. The van der Waals surface area contributed by atoms with Crippen molar-refractivity contribution in [1.82, 2.24) is 5.32 Å². The standard InChI is InChI=1S/C13H17FN2O2.ClH/c1-18-12-3-2-10(8-11(12)14)16-13(17)9-4-6-15-7-5-9;/h2-3,8-9,15H,4-7H2,1H3,(H,16,17);1H. The summed E-state index contributed by atoms with van der Waals surface area (Å²) < 4.78 is 18.3. The molecule has 1 aliphatic rings. The topological polar surface area (TPSA) is 50.4 Å². The highest BCUT2D eigenvalue weighted by molar-refractivity contribution is 5.92. The summed E-state index contributed by atoms with van der Waals surface area (Å²) >= 11 is 0. The molecule has 0 atom stereocenters. The predicted octanol–water partition coefficient (Wildman–Crippen LogP) is 2.19. The molecule has 1 aromatic carbocycles. The average molecular weight is 289 g/mol. The number of amides is 1. The number of carbonyl (C=O) groups excluding carboxylic acids is 1. The van der Waals surface area contributed by atoms with E-state index in [0.717, 1.165) is 25.9 Å². The summed E-state index contributed by atoms with van der Waals surface area (Å²) in [6, 6.07) is 4.42. The molecular formula is C13H18ClFN2O2. The zero-order valence-electron chi connectivity index (χ0n) is 10.7. The van der Waals surface area contributed by atoms with E-state index in [1.807, 2.05) is 0 Å². The largest absolute Gasteiger partial charge is 0.494 e. The highest BCUT2D eigenvalue weighted by Crippen LogP contribution is 2.22. The van der Waals surface area contributed by atoms with Crippen LogP contribution in [0.3, 0.4) is 0 Å². The molecule has 1 saturated heterocycles. The van der Waals surface area contributed by atoms with E-state index in [-0.39, 0.29) is 30.0 Å². The maximum atomic E-state index is 13.5. The molecule has 1 heterocycles. The molecule has 0 radical (unpaired) electrons. The molecule has 6 heteroatoms. The van der Waals surface area contributed by atoms with Crippen molar-refractivity contribution in [3.05, 3.63) is 24.0 Å². The predicted molar refractivity (Wildman–Crippen MR) is 74.4 cm³/mol. The number of benzene rings is 1. The van der Waals surface area contributed by atoms with Gasteiger partial charge in [-0.15, -0.1) is 12.4 Å². The summed E-state index contributed by atoms with van der Waals surface area (Å²) in [7, 11) is 1.41. The van der Waals surface area contributed by atoms with Gasteiger partial charge in [0.25, 0.3) is 0 Å². The van der Waals surface area contributed by atoms with Crippen LogP contribution in [0.1, 0.15) is 12.8 Å². The number of rotatable bonds is 3. The Morgan fingerprint density at radius 3 is 2.68 bits per heavy atom. The molecule has 0 saturated carbocycles. The monoisotopic (exact) mass is 288 g/mol. The van der Waals surface area contributed by atoms with Gasteiger partial charge < -0.3 is 15.4 Å². The van der Waals surface area contributed by atoms with Crippen LogP contribution in [0.5, 0.6) is 5.75 Å². The Labute approximate surface area is 118 Å². The van der Waals surface area contributed by atoms with Crippen LogP contribution >= 0.6 is 12.4 Å². The molecule has 4 nitrogen and oxygen atoms in total. The first-order valence-corrected chi connectivity index (χ1v) is 6.06. The van der Waals surface area contributed by atoms with Crippen LogP contribution in [-0.4, -0.2) is 26.1 Å². The van der Waals surface area contributed by atoms with Gasteiger partial charge in [0.1, 0.15) is 0 Å². The highest BCUT2D eigenvalue weighted by atomic mass is 35.5. The smallest absolute Gasteiger partial charge is 0.227 e. The number of nitrogens with one attached hydrogen (secondary N) is 2. The fourth-order valence-corrected chi connectivity index (χ4v) is 2.07. The number of halogens is 2. The lowest BCUT2D eigenvalue weighted by Crippen LogP contribution is -2.34. The molecule has 1 fully saturated rings. The van der Waals surface area contributed by atoms with Crippen molar-refractivity contribution in [2.75, 3.05) is 25.5 Å². The summed E-state index contributed by atoms with van der Waals surface area (Å²) in [6.07, 6.45) is 1.65. The van der Waals surface area contributed by atoms with Crippen molar-refractivity contribution in [2.24, 2.45) is 5.92 Å². The van der Waals surface area contributed by atoms with Crippen LogP contribution in [-0.2, 0) is 4.79 Å². The first-order chi connectivity index (χ1) is 8.70. The lowest BCUT2D eigenvalue weighted by Gasteiger charge is -2.21. The first kappa shape index (κ1) is 15.7. The Balaban J connectivity index is 0.00000180. The van der Waals surface area contributed by atoms with Gasteiger partial charge in [0, 0.05) is 17.7 Å². The van der Waals surface area contributed by atoms with Gasteiger partial charge >= 0.3 is 0 Å². The number of ether oxygens (including phenoxy) is 1. The zero-order chi connectivity index (χ0) is 13.0. The van der Waals surface area contributed by atoms with Crippen LogP contribution in [0, 0.1) is 11.7 Å². The molecule has 19 heavy (non-hydrogen) atoms. The van der Waals surface area contributed by atoms with Crippen molar-refractivity contribution < 1.29 is 13.9 Å². The molecule has 1 aliphatic heterocycles. The molecule has 1 aromatic rings. The number of piperidine rings is 1. The molecule has 0 aromatic heterocycles. The quantitative estimate of drug-likeness (QED) is 0.896. The average Bonchev–Trinajstić information content (AvgIpc) is 2.40. The van der Waals surface area contributed by atoms with E-state index in [4.69, 9.17) is 4.74 Å². The Morgan fingerprint density at radius 1 is 1.42 bits per heavy atom. The minimum atomic E-state index is -0.472. The van der Waals surface area contributed by atoms with E-state index in [1.54, 1.807) is 6.07 Å². The summed E-state index contributed by atoms with van der Waals surface area (Å²) in [5.74, 6) is -0.326. The number of anilines is 1. The number of carbonyl (C=O) groups is 1. The second-order valence-corrected chi connectivity index (χ2v) is 4.36. The lowest BCUT2D eigenvalue weighted by molar-refractivity contribution is -0.120. The van der Waals surface area contributed by atoms with E-state index >= 15 is 0 Å². The van der Waals surface area contributed by atoms with Gasteiger partial charge in [0.2, 0.25) is 5.91 Å². The van der Waals surface area contributed by atoms with Crippen molar-refractivity contribution >= 4 is 24.0 Å². The van der Waals surface area contributed by atoms with Crippen LogP contribution in [0.2, 0.25) is 0 Å². The van der Waals surface area contributed by atoms with E-state index in [1.165, 1.54) is 19.2 Å². The van der Waals surface area contributed by atoms with Gasteiger partial charge in [0.15, 0.2) is 11.6 Å². The Morgan fingerprint density at radius 2 is 2.11 bits per heavy atom. The van der Waals surface area contributed by atoms with Gasteiger partial charge in [0.05, 0.1) is 7.11 Å². The van der Waals surface area contributed by atoms with Gasteiger partial charge in [-0.1, -0.05) is 0 Å². The lowest BCUT2D eigenvalue weighted by atomic mass is 9.97. The van der Waals surface area contributed by atoms with Gasteiger partial charge in [-0.05, 0) is 38.1 Å². The molecule has 0 unspecified atom stereocenters. The molecule has 2 N–H and O–H groups in total. The van der Waals surface area contributed by atoms with Crippen LogP contribution in [0.15, 0.2) is 18.2 Å². The van der Waals surface area contributed by atoms with Crippen LogP contribution in [0.25, 0.3) is 0 Å². The van der Waals surface area contributed by atoms with E-state index in [2.05, 4.69) is 10.6 Å².